The van der Waals surface area contributed by atoms with Crippen molar-refractivity contribution in [1.29, 1.82) is 0 Å². The van der Waals surface area contributed by atoms with Gasteiger partial charge in [-0.15, -0.1) is 0 Å². The molecule has 0 saturated carbocycles. The molecule has 0 aliphatic rings. The number of fused-ring (bicyclic) bond motifs is 1. The highest BCUT2D eigenvalue weighted by Crippen LogP contribution is 2.29. The lowest BCUT2D eigenvalue weighted by molar-refractivity contribution is 0.252. The summed E-state index contributed by atoms with van der Waals surface area (Å²) in [6, 6.07) is 9.08. The van der Waals surface area contributed by atoms with E-state index in [0.717, 1.165) is 16.7 Å². The van der Waals surface area contributed by atoms with Gasteiger partial charge >= 0.3 is 6.03 Å². The van der Waals surface area contributed by atoms with Crippen molar-refractivity contribution in [3.8, 4) is 5.75 Å². The summed E-state index contributed by atoms with van der Waals surface area (Å²) in [7, 11) is 1.61. The van der Waals surface area contributed by atoms with Crippen LogP contribution in [0.15, 0.2) is 47.3 Å². The third-order valence-corrected chi connectivity index (χ3v) is 3.96. The number of amides is 2. The second-order valence-corrected chi connectivity index (χ2v) is 5.43. The van der Waals surface area contributed by atoms with Gasteiger partial charge in [-0.2, -0.15) is 11.3 Å². The molecule has 2 N–H and O–H groups in total. The van der Waals surface area contributed by atoms with E-state index in [-0.39, 0.29) is 6.03 Å². The van der Waals surface area contributed by atoms with Crippen molar-refractivity contribution in [3.05, 3.63) is 52.9 Å². The van der Waals surface area contributed by atoms with Gasteiger partial charge in [0.15, 0.2) is 0 Å². The molecule has 0 aliphatic heterocycles. The third kappa shape index (κ3) is 3.01. The third-order valence-electron chi connectivity index (χ3n) is 3.23. The summed E-state index contributed by atoms with van der Waals surface area (Å²) in [5.41, 5.74) is 2.43. The minimum atomic E-state index is -0.261. The number of hydrogen-bond donors (Lipinski definition) is 2. The molecule has 0 spiro atoms. The largest absolute Gasteiger partial charge is 0.496 e. The second kappa shape index (κ2) is 6.44. The van der Waals surface area contributed by atoms with Crippen molar-refractivity contribution in [2.75, 3.05) is 12.4 Å². The Labute approximate surface area is 131 Å². The maximum Gasteiger partial charge on any atom is 0.319 e. The fourth-order valence-electron chi connectivity index (χ4n) is 2.17. The Balaban J connectivity index is 1.77. The van der Waals surface area contributed by atoms with Crippen LogP contribution in [0.1, 0.15) is 5.56 Å². The second-order valence-electron chi connectivity index (χ2n) is 4.65. The number of ether oxygens (including phenoxy) is 1. The van der Waals surface area contributed by atoms with Crippen molar-refractivity contribution in [3.63, 3.8) is 0 Å². The Hall–Kier alpha value is -2.60. The van der Waals surface area contributed by atoms with Gasteiger partial charge in [-0.3, -0.25) is 4.98 Å². The molecule has 2 aromatic heterocycles. The molecule has 0 atom stereocenters. The standard InChI is InChI=1S/C16H15N3O2S/c1-21-14-5-4-13(15-12(14)3-2-7-17-15)19-16(20)18-9-11-6-8-22-10-11/h2-8,10H,9H2,1H3,(H2,18,19,20). The number of carbonyl (C=O) groups is 1. The molecule has 22 heavy (non-hydrogen) atoms. The highest BCUT2D eigenvalue weighted by molar-refractivity contribution is 7.07. The number of methoxy groups -OCH3 is 1. The summed E-state index contributed by atoms with van der Waals surface area (Å²) in [6.45, 7) is 0.497. The molecule has 1 aromatic carbocycles. The first-order valence-corrected chi connectivity index (χ1v) is 7.70. The first kappa shape index (κ1) is 14.3. The molecule has 2 amide bonds. The fraction of sp³-hybridized carbons (Fsp3) is 0.125. The number of anilines is 1. The van der Waals surface area contributed by atoms with Crippen molar-refractivity contribution < 1.29 is 9.53 Å². The van der Waals surface area contributed by atoms with Gasteiger partial charge in [0.1, 0.15) is 5.75 Å². The lowest BCUT2D eigenvalue weighted by atomic mass is 10.1. The molecule has 0 aliphatic carbocycles. The number of urea groups is 1. The van der Waals surface area contributed by atoms with Gasteiger partial charge in [0, 0.05) is 18.1 Å². The lowest BCUT2D eigenvalue weighted by Crippen LogP contribution is -2.28. The number of nitrogens with one attached hydrogen (secondary N) is 2. The quantitative estimate of drug-likeness (QED) is 0.773. The number of rotatable bonds is 4. The Bertz CT molecular complexity index is 787. The maximum absolute atomic E-state index is 12.0. The van der Waals surface area contributed by atoms with E-state index in [0.29, 0.717) is 17.7 Å². The molecule has 3 aromatic rings. The number of benzene rings is 1. The van der Waals surface area contributed by atoms with E-state index in [4.69, 9.17) is 4.74 Å². The predicted octanol–water partition coefficient (Wildman–Crippen LogP) is 3.63. The first-order valence-electron chi connectivity index (χ1n) is 6.75. The molecule has 0 fully saturated rings. The van der Waals surface area contributed by atoms with Crippen LogP contribution in [0.25, 0.3) is 10.9 Å². The number of hydrogen-bond acceptors (Lipinski definition) is 4. The summed E-state index contributed by atoms with van der Waals surface area (Å²) in [6.07, 6.45) is 1.69. The van der Waals surface area contributed by atoms with E-state index in [1.807, 2.05) is 35.0 Å². The molecule has 3 rings (SSSR count). The fourth-order valence-corrected chi connectivity index (χ4v) is 2.84. The van der Waals surface area contributed by atoms with Crippen LogP contribution in [-0.2, 0) is 6.54 Å². The lowest BCUT2D eigenvalue weighted by Gasteiger charge is -2.11. The van der Waals surface area contributed by atoms with Gasteiger partial charge in [-0.05, 0) is 46.7 Å². The highest BCUT2D eigenvalue weighted by atomic mass is 32.1. The molecular weight excluding hydrogens is 298 g/mol. The molecule has 0 unspecified atom stereocenters. The van der Waals surface area contributed by atoms with Crippen LogP contribution in [0.5, 0.6) is 5.75 Å². The number of thiophene rings is 1. The Morgan fingerprint density at radius 3 is 3.00 bits per heavy atom. The summed E-state index contributed by atoms with van der Waals surface area (Å²) in [5.74, 6) is 0.729. The predicted molar refractivity (Wildman–Crippen MR) is 88.5 cm³/mol. The smallest absolute Gasteiger partial charge is 0.319 e. The summed E-state index contributed by atoms with van der Waals surface area (Å²) >= 11 is 1.61. The van der Waals surface area contributed by atoms with Gasteiger partial charge in [0.25, 0.3) is 0 Å². The number of nitrogens with zero attached hydrogens (tertiary/aromatic N) is 1. The Kier molecular flexibility index (Phi) is 4.20. The van der Waals surface area contributed by atoms with Crippen molar-refractivity contribution in [1.82, 2.24) is 10.3 Å². The van der Waals surface area contributed by atoms with Crippen LogP contribution in [-0.4, -0.2) is 18.1 Å². The minimum Gasteiger partial charge on any atom is -0.496 e. The van der Waals surface area contributed by atoms with Crippen LogP contribution in [0.3, 0.4) is 0 Å². The Morgan fingerprint density at radius 1 is 1.32 bits per heavy atom. The van der Waals surface area contributed by atoms with Gasteiger partial charge in [-0.25, -0.2) is 4.79 Å². The average Bonchev–Trinajstić information content (AvgIpc) is 3.07. The van der Waals surface area contributed by atoms with Crippen LogP contribution < -0.4 is 15.4 Å². The van der Waals surface area contributed by atoms with E-state index in [1.54, 1.807) is 30.7 Å². The molecule has 0 radical (unpaired) electrons. The number of aromatic nitrogens is 1. The van der Waals surface area contributed by atoms with Crippen LogP contribution in [0, 0.1) is 0 Å². The molecule has 0 bridgehead atoms. The number of pyridine rings is 1. The summed E-state index contributed by atoms with van der Waals surface area (Å²) < 4.78 is 5.32. The normalized spacial score (nSPS) is 10.4. The van der Waals surface area contributed by atoms with E-state index in [1.165, 1.54) is 0 Å². The maximum atomic E-state index is 12.0. The van der Waals surface area contributed by atoms with E-state index < -0.39 is 0 Å². The van der Waals surface area contributed by atoms with Crippen LogP contribution in [0.2, 0.25) is 0 Å². The molecular formula is C16H15N3O2S. The van der Waals surface area contributed by atoms with Crippen molar-refractivity contribution in [2.45, 2.75) is 6.54 Å². The first-order chi connectivity index (χ1) is 10.8. The monoisotopic (exact) mass is 313 g/mol. The molecule has 5 nitrogen and oxygen atoms in total. The van der Waals surface area contributed by atoms with Gasteiger partial charge in [-0.1, -0.05) is 0 Å². The topological polar surface area (TPSA) is 63.2 Å². The van der Waals surface area contributed by atoms with Crippen LogP contribution in [0.4, 0.5) is 10.5 Å². The zero-order valence-corrected chi connectivity index (χ0v) is 12.8. The zero-order chi connectivity index (χ0) is 15.4. The summed E-state index contributed by atoms with van der Waals surface area (Å²) in [5, 5.41) is 10.5. The van der Waals surface area contributed by atoms with Crippen molar-refractivity contribution >= 4 is 34.0 Å². The molecule has 112 valence electrons. The van der Waals surface area contributed by atoms with Crippen molar-refractivity contribution in [2.24, 2.45) is 0 Å². The average molecular weight is 313 g/mol. The SMILES string of the molecule is COc1ccc(NC(=O)NCc2ccsc2)c2ncccc12. The van der Waals surface area contributed by atoms with Crippen LogP contribution >= 0.6 is 11.3 Å². The molecule has 2 heterocycles. The molecule has 0 saturated heterocycles. The minimum absolute atomic E-state index is 0.261. The zero-order valence-electron chi connectivity index (χ0n) is 12.0. The summed E-state index contributed by atoms with van der Waals surface area (Å²) in [4.78, 5) is 16.4. The van der Waals surface area contributed by atoms with E-state index in [2.05, 4.69) is 15.6 Å². The molecule has 6 heteroatoms. The number of carbonyl (C=O) groups excluding carboxylic acids is 1. The van der Waals surface area contributed by atoms with E-state index in [9.17, 15) is 4.79 Å². The van der Waals surface area contributed by atoms with Gasteiger partial charge in [0.05, 0.1) is 18.3 Å². The highest BCUT2D eigenvalue weighted by Gasteiger charge is 2.09. The van der Waals surface area contributed by atoms with Gasteiger partial charge < -0.3 is 15.4 Å². The Morgan fingerprint density at radius 2 is 2.23 bits per heavy atom. The van der Waals surface area contributed by atoms with E-state index >= 15 is 0 Å². The van der Waals surface area contributed by atoms with Gasteiger partial charge in [0.2, 0.25) is 0 Å².